The smallest absolute Gasteiger partial charge is 0.172 e. The molecule has 0 unspecified atom stereocenters. The summed E-state index contributed by atoms with van der Waals surface area (Å²) in [4.78, 5) is 12.0. The summed E-state index contributed by atoms with van der Waals surface area (Å²) in [5.74, 6) is -0.910. The van der Waals surface area contributed by atoms with Crippen LogP contribution in [0.25, 0.3) is 0 Å². The van der Waals surface area contributed by atoms with E-state index in [9.17, 15) is 20.1 Å². The van der Waals surface area contributed by atoms with Crippen LogP contribution in [-0.2, 0) is 0 Å². The molecule has 1 aromatic rings. The summed E-state index contributed by atoms with van der Waals surface area (Å²) < 4.78 is 0. The maximum Gasteiger partial charge on any atom is 0.172 e. The fraction of sp³-hybridized carbons (Fsp3) is 0.611. The van der Waals surface area contributed by atoms with Crippen molar-refractivity contribution in [3.63, 3.8) is 0 Å². The first-order chi connectivity index (χ1) is 10.6. The van der Waals surface area contributed by atoms with Crippen molar-refractivity contribution in [2.24, 2.45) is 0 Å². The number of hydrogen-bond acceptors (Lipinski definition) is 4. The first kappa shape index (κ1) is 18.5. The van der Waals surface area contributed by atoms with Crippen LogP contribution < -0.4 is 0 Å². The molecule has 0 aliphatic rings. The molecule has 22 heavy (non-hydrogen) atoms. The fourth-order valence-corrected chi connectivity index (χ4v) is 2.57. The van der Waals surface area contributed by atoms with Crippen molar-refractivity contribution in [2.45, 2.75) is 70.8 Å². The van der Waals surface area contributed by atoms with Crippen molar-refractivity contribution >= 4 is 5.78 Å². The lowest BCUT2D eigenvalue weighted by Crippen LogP contribution is -2.14. The van der Waals surface area contributed by atoms with Gasteiger partial charge in [0.05, 0.1) is 6.10 Å². The Morgan fingerprint density at radius 3 is 2.14 bits per heavy atom. The van der Waals surface area contributed by atoms with Gasteiger partial charge in [0.2, 0.25) is 0 Å². The van der Waals surface area contributed by atoms with Gasteiger partial charge in [-0.3, -0.25) is 4.79 Å². The maximum absolute atomic E-state index is 12.0. The second-order valence-corrected chi connectivity index (χ2v) is 5.86. The zero-order valence-corrected chi connectivity index (χ0v) is 13.4. The molecule has 4 nitrogen and oxygen atoms in total. The Hall–Kier alpha value is -1.55. The molecule has 0 spiro atoms. The SMILES string of the molecule is CCCCCCCCC[C@H](O)CC(=O)c1c(O)cccc1O. The molecule has 0 heterocycles. The monoisotopic (exact) mass is 308 g/mol. The lowest BCUT2D eigenvalue weighted by Gasteiger charge is -2.11. The molecule has 0 saturated heterocycles. The van der Waals surface area contributed by atoms with Crippen LogP contribution in [0.5, 0.6) is 11.5 Å². The van der Waals surface area contributed by atoms with Crippen LogP contribution in [0.15, 0.2) is 18.2 Å². The van der Waals surface area contributed by atoms with Gasteiger partial charge in [0.15, 0.2) is 5.78 Å². The zero-order valence-electron chi connectivity index (χ0n) is 13.4. The number of phenols is 2. The van der Waals surface area contributed by atoms with E-state index in [-0.39, 0.29) is 23.5 Å². The molecule has 0 aliphatic carbocycles. The predicted octanol–water partition coefficient (Wildman–Crippen LogP) is 4.17. The quantitative estimate of drug-likeness (QED) is 0.423. The minimum absolute atomic E-state index is 0.0685. The fourth-order valence-electron chi connectivity index (χ4n) is 2.57. The van der Waals surface area contributed by atoms with Gasteiger partial charge in [0.25, 0.3) is 0 Å². The number of carbonyl (C=O) groups excluding carboxylic acids is 1. The molecule has 0 aliphatic heterocycles. The van der Waals surface area contributed by atoms with E-state index in [2.05, 4.69) is 6.92 Å². The van der Waals surface area contributed by atoms with Gasteiger partial charge in [-0.05, 0) is 18.6 Å². The maximum atomic E-state index is 12.0. The van der Waals surface area contributed by atoms with E-state index < -0.39 is 11.9 Å². The van der Waals surface area contributed by atoms with Crippen molar-refractivity contribution < 1.29 is 20.1 Å². The third-order valence-electron chi connectivity index (χ3n) is 3.86. The number of aliphatic hydroxyl groups excluding tert-OH is 1. The highest BCUT2D eigenvalue weighted by Crippen LogP contribution is 2.28. The average Bonchev–Trinajstić information content (AvgIpc) is 2.46. The molecular weight excluding hydrogens is 280 g/mol. The van der Waals surface area contributed by atoms with Gasteiger partial charge in [0.1, 0.15) is 17.1 Å². The Balaban J connectivity index is 2.27. The molecule has 0 fully saturated rings. The molecule has 124 valence electrons. The van der Waals surface area contributed by atoms with E-state index in [1.807, 2.05) is 0 Å². The van der Waals surface area contributed by atoms with E-state index >= 15 is 0 Å². The summed E-state index contributed by atoms with van der Waals surface area (Å²) in [6.07, 6.45) is 7.93. The van der Waals surface area contributed by atoms with E-state index in [1.165, 1.54) is 50.3 Å². The van der Waals surface area contributed by atoms with Gasteiger partial charge in [-0.1, -0.05) is 57.9 Å². The van der Waals surface area contributed by atoms with E-state index in [0.717, 1.165) is 12.8 Å². The number of aliphatic hydroxyl groups is 1. The summed E-state index contributed by atoms with van der Waals surface area (Å²) in [5, 5.41) is 29.2. The van der Waals surface area contributed by atoms with E-state index in [1.54, 1.807) is 0 Å². The first-order valence-electron chi connectivity index (χ1n) is 8.28. The molecule has 0 amide bonds. The highest BCUT2D eigenvalue weighted by Gasteiger charge is 2.19. The van der Waals surface area contributed by atoms with Crippen molar-refractivity contribution in [3.8, 4) is 11.5 Å². The van der Waals surface area contributed by atoms with Crippen molar-refractivity contribution in [1.29, 1.82) is 0 Å². The number of carbonyl (C=O) groups is 1. The number of phenolic OH excluding ortho intramolecular Hbond substituents is 2. The second kappa shape index (κ2) is 10.2. The Bertz CT molecular complexity index is 436. The number of unbranched alkanes of at least 4 members (excludes halogenated alkanes) is 6. The van der Waals surface area contributed by atoms with Gasteiger partial charge < -0.3 is 15.3 Å². The molecule has 0 aromatic heterocycles. The Morgan fingerprint density at radius 2 is 1.55 bits per heavy atom. The number of Topliss-reactive ketones (excluding diaryl/α,β-unsaturated/α-hetero) is 1. The largest absolute Gasteiger partial charge is 0.507 e. The van der Waals surface area contributed by atoms with Crippen LogP contribution in [0, 0.1) is 0 Å². The lowest BCUT2D eigenvalue weighted by atomic mass is 9.99. The predicted molar refractivity (Wildman–Crippen MR) is 87.3 cm³/mol. The number of rotatable bonds is 11. The van der Waals surface area contributed by atoms with Gasteiger partial charge >= 0.3 is 0 Å². The van der Waals surface area contributed by atoms with Gasteiger partial charge in [-0.15, -0.1) is 0 Å². The summed E-state index contributed by atoms with van der Waals surface area (Å²) in [5.41, 5.74) is -0.0962. The van der Waals surface area contributed by atoms with E-state index in [4.69, 9.17) is 0 Å². The van der Waals surface area contributed by atoms with Crippen LogP contribution in [0.1, 0.15) is 75.1 Å². The summed E-state index contributed by atoms with van der Waals surface area (Å²) in [7, 11) is 0. The number of aromatic hydroxyl groups is 2. The first-order valence-corrected chi connectivity index (χ1v) is 8.28. The standard InChI is InChI=1S/C18H28O4/c1-2-3-4-5-6-7-8-10-14(19)13-17(22)18-15(20)11-9-12-16(18)21/h9,11-12,14,19-21H,2-8,10,13H2,1H3/t14-/m0/s1. The lowest BCUT2D eigenvalue weighted by molar-refractivity contribution is 0.0859. The number of hydrogen-bond donors (Lipinski definition) is 3. The molecular formula is C18H28O4. The molecule has 0 saturated carbocycles. The summed E-state index contributed by atoms with van der Waals surface area (Å²) in [6.45, 7) is 2.19. The molecule has 1 atom stereocenters. The van der Waals surface area contributed by atoms with Crippen LogP contribution in [0.3, 0.4) is 0 Å². The molecule has 0 bridgehead atoms. The highest BCUT2D eigenvalue weighted by molar-refractivity contribution is 6.01. The average molecular weight is 308 g/mol. The van der Waals surface area contributed by atoms with Gasteiger partial charge in [-0.25, -0.2) is 0 Å². The molecule has 0 radical (unpaired) electrons. The minimum Gasteiger partial charge on any atom is -0.507 e. The minimum atomic E-state index is -0.720. The molecule has 3 N–H and O–H groups in total. The third kappa shape index (κ3) is 6.48. The Kier molecular flexibility index (Phi) is 8.60. The van der Waals surface area contributed by atoms with Crippen LogP contribution >= 0.6 is 0 Å². The van der Waals surface area contributed by atoms with Crippen molar-refractivity contribution in [1.82, 2.24) is 0 Å². The Labute approximate surface area is 132 Å². The van der Waals surface area contributed by atoms with Gasteiger partial charge in [-0.2, -0.15) is 0 Å². The topological polar surface area (TPSA) is 77.8 Å². The Morgan fingerprint density at radius 1 is 1.00 bits per heavy atom. The van der Waals surface area contributed by atoms with Crippen molar-refractivity contribution in [2.75, 3.05) is 0 Å². The molecule has 1 rings (SSSR count). The third-order valence-corrected chi connectivity index (χ3v) is 3.86. The van der Waals surface area contributed by atoms with E-state index in [0.29, 0.717) is 6.42 Å². The number of ketones is 1. The van der Waals surface area contributed by atoms with Crippen molar-refractivity contribution in [3.05, 3.63) is 23.8 Å². The number of benzene rings is 1. The van der Waals surface area contributed by atoms with Gasteiger partial charge in [0, 0.05) is 6.42 Å². The van der Waals surface area contributed by atoms with Crippen LogP contribution in [0.4, 0.5) is 0 Å². The van der Waals surface area contributed by atoms with Crippen LogP contribution in [0.2, 0.25) is 0 Å². The normalized spacial score (nSPS) is 12.3. The molecule has 1 aromatic carbocycles. The molecule has 4 heteroatoms. The zero-order chi connectivity index (χ0) is 16.4. The highest BCUT2D eigenvalue weighted by atomic mass is 16.3. The summed E-state index contributed by atoms with van der Waals surface area (Å²) in [6, 6.07) is 4.18. The second-order valence-electron chi connectivity index (χ2n) is 5.86. The van der Waals surface area contributed by atoms with Crippen LogP contribution in [-0.4, -0.2) is 27.2 Å². The summed E-state index contributed by atoms with van der Waals surface area (Å²) >= 11 is 0.